The zero-order valence-electron chi connectivity index (χ0n) is 14.9. The molecule has 0 aromatic carbocycles. The predicted molar refractivity (Wildman–Crippen MR) is 98.6 cm³/mol. The van der Waals surface area contributed by atoms with E-state index in [4.69, 9.17) is 0 Å². The Labute approximate surface area is 157 Å². The van der Waals surface area contributed by atoms with Gasteiger partial charge >= 0.3 is 0 Å². The second-order valence-corrected chi connectivity index (χ2v) is 6.59. The summed E-state index contributed by atoms with van der Waals surface area (Å²) in [6.45, 7) is 3.14. The molecule has 1 atom stereocenters. The van der Waals surface area contributed by atoms with Crippen LogP contribution in [0.1, 0.15) is 34.2 Å². The highest BCUT2D eigenvalue weighted by molar-refractivity contribution is 5.91. The molecule has 27 heavy (non-hydrogen) atoms. The number of fused-ring (bicyclic) bond motifs is 1. The second-order valence-electron chi connectivity index (χ2n) is 6.59. The Morgan fingerprint density at radius 2 is 2.07 bits per heavy atom. The van der Waals surface area contributed by atoms with Crippen LogP contribution < -0.4 is 5.32 Å². The van der Waals surface area contributed by atoms with Gasteiger partial charge in [0.15, 0.2) is 0 Å². The zero-order chi connectivity index (χ0) is 18.5. The van der Waals surface area contributed by atoms with Crippen molar-refractivity contribution < 1.29 is 4.79 Å². The third-order valence-corrected chi connectivity index (χ3v) is 4.64. The number of rotatable bonds is 6. The first-order valence-corrected chi connectivity index (χ1v) is 8.97. The molecular weight excluding hydrogens is 342 g/mol. The topological polar surface area (TPSA) is 88.8 Å². The minimum Gasteiger partial charge on any atom is -0.351 e. The van der Waals surface area contributed by atoms with Gasteiger partial charge in [0.1, 0.15) is 5.69 Å². The SMILES string of the molecule is O=C(NCC[C@H]1CN(Cc2cccnc2)Cc2ccnn21)c1cnccn1. The molecule has 4 rings (SSSR count). The summed E-state index contributed by atoms with van der Waals surface area (Å²) in [4.78, 5) is 26.7. The fourth-order valence-electron chi connectivity index (χ4n) is 3.41. The summed E-state index contributed by atoms with van der Waals surface area (Å²) in [5.41, 5.74) is 2.72. The lowest BCUT2D eigenvalue weighted by molar-refractivity contribution is 0.0941. The summed E-state index contributed by atoms with van der Waals surface area (Å²) in [5.74, 6) is -0.202. The molecule has 0 saturated heterocycles. The summed E-state index contributed by atoms with van der Waals surface area (Å²) in [6.07, 6.45) is 10.9. The van der Waals surface area contributed by atoms with Crippen molar-refractivity contribution in [3.05, 3.63) is 72.3 Å². The monoisotopic (exact) mass is 363 g/mol. The van der Waals surface area contributed by atoms with E-state index in [0.29, 0.717) is 12.2 Å². The highest BCUT2D eigenvalue weighted by Gasteiger charge is 2.25. The number of carbonyl (C=O) groups is 1. The summed E-state index contributed by atoms with van der Waals surface area (Å²) < 4.78 is 2.08. The summed E-state index contributed by atoms with van der Waals surface area (Å²) in [6, 6.07) is 6.32. The van der Waals surface area contributed by atoms with Crippen LogP contribution in [0.2, 0.25) is 0 Å². The standard InChI is InChI=1S/C19H21N7O/c27-19(18-11-21-8-9-22-18)23-6-3-16-13-25(12-15-2-1-5-20-10-15)14-17-4-7-24-26(16)17/h1-2,4-5,7-11,16H,3,6,12-14H2,(H,23,27)/t16-/m0/s1. The average molecular weight is 363 g/mol. The number of pyridine rings is 1. The normalized spacial score (nSPS) is 16.7. The van der Waals surface area contributed by atoms with Gasteiger partial charge in [-0.2, -0.15) is 5.10 Å². The third-order valence-electron chi connectivity index (χ3n) is 4.64. The fraction of sp³-hybridized carbons (Fsp3) is 0.316. The van der Waals surface area contributed by atoms with Crippen LogP contribution in [0.25, 0.3) is 0 Å². The molecule has 8 nitrogen and oxygen atoms in total. The number of hydrogen-bond acceptors (Lipinski definition) is 6. The highest BCUT2D eigenvalue weighted by atomic mass is 16.1. The maximum Gasteiger partial charge on any atom is 0.271 e. The van der Waals surface area contributed by atoms with E-state index >= 15 is 0 Å². The molecule has 0 spiro atoms. The van der Waals surface area contributed by atoms with Crippen LogP contribution >= 0.6 is 0 Å². The molecule has 0 unspecified atom stereocenters. The van der Waals surface area contributed by atoms with Crippen LogP contribution in [0, 0.1) is 0 Å². The molecule has 8 heteroatoms. The molecule has 3 aromatic heterocycles. The Morgan fingerprint density at radius 3 is 2.89 bits per heavy atom. The van der Waals surface area contributed by atoms with Gasteiger partial charge in [0.2, 0.25) is 0 Å². The molecule has 0 fully saturated rings. The van der Waals surface area contributed by atoms with E-state index in [1.165, 1.54) is 23.7 Å². The maximum absolute atomic E-state index is 12.1. The smallest absolute Gasteiger partial charge is 0.271 e. The van der Waals surface area contributed by atoms with Gasteiger partial charge in [0.05, 0.1) is 17.9 Å². The van der Waals surface area contributed by atoms with E-state index < -0.39 is 0 Å². The van der Waals surface area contributed by atoms with Gasteiger partial charge in [0.25, 0.3) is 5.91 Å². The Hall–Kier alpha value is -3.13. The molecule has 4 heterocycles. The van der Waals surface area contributed by atoms with Crippen LogP contribution in [-0.4, -0.2) is 48.6 Å². The molecule has 1 aliphatic heterocycles. The molecule has 0 aliphatic carbocycles. The molecule has 0 saturated carbocycles. The van der Waals surface area contributed by atoms with E-state index in [2.05, 4.69) is 47.1 Å². The second kappa shape index (κ2) is 8.05. The summed E-state index contributed by atoms with van der Waals surface area (Å²) in [7, 11) is 0. The molecular formula is C19H21N7O. The molecule has 1 aliphatic rings. The van der Waals surface area contributed by atoms with Crippen molar-refractivity contribution in [1.29, 1.82) is 0 Å². The summed E-state index contributed by atoms with van der Waals surface area (Å²) >= 11 is 0. The van der Waals surface area contributed by atoms with Crippen LogP contribution in [-0.2, 0) is 13.1 Å². The minimum atomic E-state index is -0.202. The Kier molecular flexibility index (Phi) is 5.15. The number of nitrogens with zero attached hydrogens (tertiary/aromatic N) is 6. The van der Waals surface area contributed by atoms with Crippen molar-refractivity contribution in [1.82, 2.24) is 34.9 Å². The van der Waals surface area contributed by atoms with Gasteiger partial charge in [-0.25, -0.2) is 4.98 Å². The molecule has 3 aromatic rings. The lowest BCUT2D eigenvalue weighted by Crippen LogP contribution is -2.39. The van der Waals surface area contributed by atoms with E-state index in [0.717, 1.165) is 26.1 Å². The largest absolute Gasteiger partial charge is 0.351 e. The van der Waals surface area contributed by atoms with Gasteiger partial charge in [0, 0.05) is 57.2 Å². The third kappa shape index (κ3) is 4.17. The minimum absolute atomic E-state index is 0.202. The van der Waals surface area contributed by atoms with Gasteiger partial charge in [-0.05, 0) is 24.1 Å². The first-order valence-electron chi connectivity index (χ1n) is 8.97. The zero-order valence-corrected chi connectivity index (χ0v) is 14.9. The number of aromatic nitrogens is 5. The molecule has 1 N–H and O–H groups in total. The van der Waals surface area contributed by atoms with Crippen molar-refractivity contribution >= 4 is 5.91 Å². The fourth-order valence-corrected chi connectivity index (χ4v) is 3.41. The summed E-state index contributed by atoms with van der Waals surface area (Å²) in [5, 5.41) is 7.40. The van der Waals surface area contributed by atoms with E-state index in [1.54, 1.807) is 12.4 Å². The van der Waals surface area contributed by atoms with Crippen molar-refractivity contribution in [3.63, 3.8) is 0 Å². The number of nitrogens with one attached hydrogen (secondary N) is 1. The lowest BCUT2D eigenvalue weighted by atomic mass is 10.1. The van der Waals surface area contributed by atoms with E-state index in [9.17, 15) is 4.79 Å². The molecule has 138 valence electrons. The van der Waals surface area contributed by atoms with Crippen LogP contribution in [0.3, 0.4) is 0 Å². The predicted octanol–water partition coefficient (Wildman–Crippen LogP) is 1.45. The van der Waals surface area contributed by atoms with Gasteiger partial charge < -0.3 is 5.32 Å². The number of carbonyl (C=O) groups excluding carboxylic acids is 1. The van der Waals surface area contributed by atoms with Crippen molar-refractivity contribution in [2.45, 2.75) is 25.6 Å². The van der Waals surface area contributed by atoms with Gasteiger partial charge in [-0.15, -0.1) is 0 Å². The lowest BCUT2D eigenvalue weighted by Gasteiger charge is -2.34. The van der Waals surface area contributed by atoms with Crippen LogP contribution in [0.4, 0.5) is 0 Å². The van der Waals surface area contributed by atoms with Crippen molar-refractivity contribution in [3.8, 4) is 0 Å². The van der Waals surface area contributed by atoms with Crippen LogP contribution in [0.5, 0.6) is 0 Å². The van der Waals surface area contributed by atoms with Gasteiger partial charge in [-0.3, -0.25) is 24.3 Å². The van der Waals surface area contributed by atoms with Crippen LogP contribution in [0.15, 0.2) is 55.4 Å². The first kappa shape index (κ1) is 17.3. The molecule has 1 amide bonds. The number of amides is 1. The number of hydrogen-bond donors (Lipinski definition) is 1. The quantitative estimate of drug-likeness (QED) is 0.713. The van der Waals surface area contributed by atoms with Crippen molar-refractivity contribution in [2.24, 2.45) is 0 Å². The Bertz CT molecular complexity index is 881. The van der Waals surface area contributed by atoms with Gasteiger partial charge in [-0.1, -0.05) is 6.07 Å². The van der Waals surface area contributed by atoms with E-state index in [1.807, 2.05) is 18.5 Å². The Morgan fingerprint density at radius 1 is 1.15 bits per heavy atom. The molecule has 0 bridgehead atoms. The van der Waals surface area contributed by atoms with E-state index in [-0.39, 0.29) is 11.9 Å². The highest BCUT2D eigenvalue weighted by Crippen LogP contribution is 2.23. The van der Waals surface area contributed by atoms with Crippen molar-refractivity contribution in [2.75, 3.05) is 13.1 Å². The molecule has 0 radical (unpaired) electrons. The maximum atomic E-state index is 12.1. The average Bonchev–Trinajstić information content (AvgIpc) is 3.18. The Balaban J connectivity index is 1.37. The first-order chi connectivity index (χ1) is 13.3.